The second-order valence-electron chi connectivity index (χ2n) is 8.62. The minimum absolute atomic E-state index is 0.0255. The maximum Gasteiger partial charge on any atom is 0.263 e. The number of imide groups is 1. The zero-order valence-corrected chi connectivity index (χ0v) is 18.8. The van der Waals surface area contributed by atoms with Gasteiger partial charge in [0.25, 0.3) is 5.56 Å². The molecule has 3 heterocycles. The van der Waals surface area contributed by atoms with Crippen LogP contribution in [0.2, 0.25) is 0 Å². The van der Waals surface area contributed by atoms with Crippen molar-refractivity contribution in [3.63, 3.8) is 0 Å². The normalized spacial score (nSPS) is 22.2. The summed E-state index contributed by atoms with van der Waals surface area (Å²) in [5.41, 5.74) is 1.22. The Labute approximate surface area is 178 Å². The number of hydrogen-bond acceptors (Lipinski definition) is 6. The first-order valence-electron chi connectivity index (χ1n) is 10.4. The molecular formula is C21H27N3O3S2. The van der Waals surface area contributed by atoms with Crippen molar-refractivity contribution in [3.8, 4) is 0 Å². The first-order chi connectivity index (χ1) is 13.8. The van der Waals surface area contributed by atoms with Crippen LogP contribution in [0.3, 0.4) is 0 Å². The van der Waals surface area contributed by atoms with Crippen molar-refractivity contribution in [2.75, 3.05) is 0 Å². The van der Waals surface area contributed by atoms with Crippen LogP contribution < -0.4 is 10.9 Å². The van der Waals surface area contributed by atoms with E-state index in [2.05, 4.69) is 26.1 Å². The molecule has 1 fully saturated rings. The Morgan fingerprint density at radius 2 is 2.03 bits per heavy atom. The molecule has 2 atom stereocenters. The van der Waals surface area contributed by atoms with Crippen LogP contribution >= 0.6 is 23.1 Å². The van der Waals surface area contributed by atoms with Crippen molar-refractivity contribution >= 4 is 45.1 Å². The third-order valence-electron chi connectivity index (χ3n) is 5.75. The first-order valence-corrected chi connectivity index (χ1v) is 12.1. The molecule has 2 aliphatic rings. The number of amides is 2. The molecule has 156 valence electrons. The third kappa shape index (κ3) is 4.14. The van der Waals surface area contributed by atoms with Crippen LogP contribution in [0.5, 0.6) is 0 Å². The number of piperidine rings is 1. The average molecular weight is 434 g/mol. The van der Waals surface area contributed by atoms with Gasteiger partial charge in [0.2, 0.25) is 11.8 Å². The van der Waals surface area contributed by atoms with Gasteiger partial charge in [-0.2, -0.15) is 0 Å². The van der Waals surface area contributed by atoms with Crippen LogP contribution in [-0.2, 0) is 29.0 Å². The van der Waals surface area contributed by atoms with Crippen molar-refractivity contribution in [2.45, 2.75) is 76.2 Å². The van der Waals surface area contributed by atoms with Crippen LogP contribution in [0.25, 0.3) is 10.2 Å². The molecule has 29 heavy (non-hydrogen) atoms. The summed E-state index contributed by atoms with van der Waals surface area (Å²) in [5.74, 6) is 0.585. The van der Waals surface area contributed by atoms with E-state index in [1.165, 1.54) is 22.2 Å². The molecule has 2 aromatic rings. The largest absolute Gasteiger partial charge is 0.295 e. The molecule has 0 spiro atoms. The predicted molar refractivity (Wildman–Crippen MR) is 117 cm³/mol. The molecule has 0 radical (unpaired) electrons. The Bertz CT molecular complexity index is 1020. The Balaban J connectivity index is 1.77. The van der Waals surface area contributed by atoms with Gasteiger partial charge in [0.1, 0.15) is 4.83 Å². The molecule has 2 unspecified atom stereocenters. The fourth-order valence-corrected chi connectivity index (χ4v) is 6.53. The number of hydrogen-bond donors (Lipinski definition) is 1. The lowest BCUT2D eigenvalue weighted by Crippen LogP contribution is -2.42. The van der Waals surface area contributed by atoms with Gasteiger partial charge >= 0.3 is 0 Å². The van der Waals surface area contributed by atoms with Gasteiger partial charge < -0.3 is 0 Å². The Morgan fingerprint density at radius 3 is 2.76 bits per heavy atom. The zero-order valence-electron chi connectivity index (χ0n) is 17.1. The molecule has 1 aliphatic heterocycles. The molecule has 2 amide bonds. The molecule has 1 N–H and O–H groups in total. The number of nitrogens with zero attached hydrogens (tertiary/aromatic N) is 2. The number of carbonyl (C=O) groups excluding carboxylic acids is 2. The molecule has 2 aromatic heterocycles. The summed E-state index contributed by atoms with van der Waals surface area (Å²) in [6.45, 7) is 7.12. The summed E-state index contributed by atoms with van der Waals surface area (Å²) >= 11 is 2.96. The molecule has 6 nitrogen and oxygen atoms in total. The predicted octanol–water partition coefficient (Wildman–Crippen LogP) is 3.53. The second-order valence-corrected chi connectivity index (χ2v) is 10.9. The zero-order chi connectivity index (χ0) is 20.7. The fraction of sp³-hybridized carbons (Fsp3) is 0.619. The monoisotopic (exact) mass is 433 g/mol. The molecule has 0 saturated carbocycles. The number of aryl methyl sites for hydroxylation is 1. The maximum absolute atomic E-state index is 13.5. The minimum Gasteiger partial charge on any atom is -0.295 e. The van der Waals surface area contributed by atoms with Gasteiger partial charge in [0.15, 0.2) is 5.16 Å². The average Bonchev–Trinajstić information content (AvgIpc) is 3.00. The van der Waals surface area contributed by atoms with E-state index in [1.54, 1.807) is 15.9 Å². The van der Waals surface area contributed by atoms with E-state index in [9.17, 15) is 14.4 Å². The number of rotatable bonds is 5. The van der Waals surface area contributed by atoms with Gasteiger partial charge in [-0.3, -0.25) is 24.3 Å². The highest BCUT2D eigenvalue weighted by Crippen LogP contribution is 2.37. The van der Waals surface area contributed by atoms with Crippen molar-refractivity contribution in [3.05, 3.63) is 20.8 Å². The molecule has 0 bridgehead atoms. The summed E-state index contributed by atoms with van der Waals surface area (Å²) in [6.07, 6.45) is 4.74. The van der Waals surface area contributed by atoms with Crippen molar-refractivity contribution < 1.29 is 9.59 Å². The SMILES string of the molecule is CC(C)CCn1c(SC2CCC(=O)NC2=O)nc2sc3c(c2c1=O)CCC(C)C3. The summed E-state index contributed by atoms with van der Waals surface area (Å²) < 4.78 is 1.77. The van der Waals surface area contributed by atoms with E-state index in [0.717, 1.165) is 35.9 Å². The topological polar surface area (TPSA) is 81.1 Å². The van der Waals surface area contributed by atoms with Crippen LogP contribution in [0.1, 0.15) is 56.9 Å². The second kappa shape index (κ2) is 8.22. The van der Waals surface area contributed by atoms with E-state index in [1.807, 2.05) is 0 Å². The van der Waals surface area contributed by atoms with Gasteiger partial charge in [-0.05, 0) is 49.5 Å². The lowest BCUT2D eigenvalue weighted by molar-refractivity contribution is -0.132. The Morgan fingerprint density at radius 1 is 1.24 bits per heavy atom. The lowest BCUT2D eigenvalue weighted by Gasteiger charge is -2.21. The molecular weight excluding hydrogens is 406 g/mol. The summed E-state index contributed by atoms with van der Waals surface area (Å²) in [6, 6.07) is 0. The van der Waals surface area contributed by atoms with E-state index in [4.69, 9.17) is 4.98 Å². The van der Waals surface area contributed by atoms with Crippen LogP contribution in [0, 0.1) is 11.8 Å². The highest BCUT2D eigenvalue weighted by Gasteiger charge is 2.30. The fourth-order valence-electron chi connectivity index (χ4n) is 3.99. The highest BCUT2D eigenvalue weighted by molar-refractivity contribution is 8.00. The van der Waals surface area contributed by atoms with E-state index in [-0.39, 0.29) is 17.4 Å². The third-order valence-corrected chi connectivity index (χ3v) is 8.15. The van der Waals surface area contributed by atoms with E-state index >= 15 is 0 Å². The molecule has 4 rings (SSSR count). The van der Waals surface area contributed by atoms with Gasteiger partial charge in [0, 0.05) is 17.8 Å². The summed E-state index contributed by atoms with van der Waals surface area (Å²) in [5, 5.41) is 3.40. The lowest BCUT2D eigenvalue weighted by atomic mass is 9.89. The van der Waals surface area contributed by atoms with Crippen LogP contribution in [0.4, 0.5) is 0 Å². The van der Waals surface area contributed by atoms with Crippen molar-refractivity contribution in [1.82, 2.24) is 14.9 Å². The molecule has 1 saturated heterocycles. The quantitative estimate of drug-likeness (QED) is 0.576. The smallest absolute Gasteiger partial charge is 0.263 e. The molecule has 8 heteroatoms. The van der Waals surface area contributed by atoms with Crippen LogP contribution in [0.15, 0.2) is 9.95 Å². The number of thiophene rings is 1. The van der Waals surface area contributed by atoms with E-state index in [0.29, 0.717) is 36.4 Å². The standard InChI is InChI=1S/C21H27N3O3S2/c1-11(2)8-9-24-20(27)17-13-5-4-12(3)10-15(13)28-19(17)23-21(24)29-14-6-7-16(25)22-18(14)26/h11-12,14H,4-10H2,1-3H3,(H,22,25,26). The Kier molecular flexibility index (Phi) is 5.84. The molecule has 0 aromatic carbocycles. The van der Waals surface area contributed by atoms with Crippen LogP contribution in [-0.4, -0.2) is 26.6 Å². The van der Waals surface area contributed by atoms with Gasteiger partial charge in [0.05, 0.1) is 10.6 Å². The van der Waals surface area contributed by atoms with Gasteiger partial charge in [-0.1, -0.05) is 32.5 Å². The van der Waals surface area contributed by atoms with Gasteiger partial charge in [-0.15, -0.1) is 11.3 Å². The number of nitrogens with one attached hydrogen (secondary N) is 1. The van der Waals surface area contributed by atoms with E-state index < -0.39 is 5.25 Å². The maximum atomic E-state index is 13.5. The highest BCUT2D eigenvalue weighted by atomic mass is 32.2. The van der Waals surface area contributed by atoms with Gasteiger partial charge in [-0.25, -0.2) is 4.98 Å². The first kappa shape index (κ1) is 20.6. The minimum atomic E-state index is -0.392. The number of fused-ring (bicyclic) bond motifs is 3. The number of carbonyl (C=O) groups is 2. The summed E-state index contributed by atoms with van der Waals surface area (Å²) in [7, 11) is 0. The Hall–Kier alpha value is -1.67. The number of thioether (sulfide) groups is 1. The summed E-state index contributed by atoms with van der Waals surface area (Å²) in [4.78, 5) is 44.2. The van der Waals surface area contributed by atoms with Crippen molar-refractivity contribution in [2.24, 2.45) is 11.8 Å². The number of aromatic nitrogens is 2. The van der Waals surface area contributed by atoms with Crippen molar-refractivity contribution in [1.29, 1.82) is 0 Å². The molecule has 1 aliphatic carbocycles.